The van der Waals surface area contributed by atoms with E-state index in [4.69, 9.17) is 0 Å². The van der Waals surface area contributed by atoms with Crippen molar-refractivity contribution in [2.75, 3.05) is 6.16 Å². The Hall–Kier alpha value is -1.99. The van der Waals surface area contributed by atoms with Gasteiger partial charge in [0.1, 0.15) is 0 Å². The van der Waals surface area contributed by atoms with E-state index in [-0.39, 0.29) is 6.16 Å². The fourth-order valence-corrected chi connectivity index (χ4v) is 3.85. The van der Waals surface area contributed by atoms with Crippen LogP contribution in [0.1, 0.15) is 27.6 Å². The van der Waals surface area contributed by atoms with Crippen LogP contribution in [0.5, 0.6) is 0 Å². The van der Waals surface area contributed by atoms with E-state index in [1.54, 1.807) is 67.6 Å². The molecule has 0 aromatic heterocycles. The number of benzene rings is 2. The van der Waals surface area contributed by atoms with Gasteiger partial charge in [-0.15, -0.1) is 0 Å². The molecule has 0 aliphatic heterocycles. The molecule has 0 aliphatic rings. The lowest BCUT2D eigenvalue weighted by Gasteiger charge is -2.13. The Morgan fingerprint density at radius 2 is 1.15 bits per heavy atom. The van der Waals surface area contributed by atoms with E-state index >= 15 is 0 Å². The van der Waals surface area contributed by atoms with Gasteiger partial charge in [0, 0.05) is 17.3 Å². The third-order valence-corrected chi connectivity index (χ3v) is 5.86. The summed E-state index contributed by atoms with van der Waals surface area (Å²) in [4.78, 5) is 24.9. The van der Waals surface area contributed by atoms with E-state index in [9.17, 15) is 14.2 Å². The van der Waals surface area contributed by atoms with Crippen molar-refractivity contribution >= 4 is 18.2 Å². The fraction of sp³-hybridized carbons (Fsp3) is 0.125. The monoisotopic (exact) mass is 286 g/mol. The van der Waals surface area contributed by atoms with Gasteiger partial charge in [-0.3, -0.25) is 9.59 Å². The molecule has 0 fully saturated rings. The van der Waals surface area contributed by atoms with Crippen LogP contribution in [-0.4, -0.2) is 17.2 Å². The minimum absolute atomic E-state index is 0.0362. The van der Waals surface area contributed by atoms with Crippen LogP contribution in [0.3, 0.4) is 0 Å². The van der Waals surface area contributed by atoms with Crippen LogP contribution in [0, 0.1) is 0 Å². The van der Waals surface area contributed by atoms with Crippen molar-refractivity contribution in [3.8, 4) is 0 Å². The minimum atomic E-state index is -3.60. The van der Waals surface area contributed by atoms with Crippen molar-refractivity contribution in [1.82, 2.24) is 0 Å². The van der Waals surface area contributed by atoms with E-state index in [0.29, 0.717) is 11.1 Å². The molecule has 0 radical (unpaired) electrons. The van der Waals surface area contributed by atoms with Gasteiger partial charge in [0.15, 0.2) is 0 Å². The molecule has 2 aromatic carbocycles. The molecule has 0 unspecified atom stereocenters. The Morgan fingerprint density at radius 1 is 0.800 bits per heavy atom. The van der Waals surface area contributed by atoms with Gasteiger partial charge in [0.2, 0.25) is 18.2 Å². The SMILES string of the molecule is CCP(=O)(C(=O)c1ccccc1)C(=O)c1ccccc1. The maximum Gasteiger partial charge on any atom is 0.228 e. The number of carbonyl (C=O) groups excluding carboxylic acids is 2. The average molecular weight is 286 g/mol. The van der Waals surface area contributed by atoms with Crippen LogP contribution in [0.4, 0.5) is 0 Å². The first kappa shape index (κ1) is 14.4. The molecule has 0 heterocycles. The average Bonchev–Trinajstić information content (AvgIpc) is 2.54. The molecule has 102 valence electrons. The predicted molar refractivity (Wildman–Crippen MR) is 79.7 cm³/mol. The maximum absolute atomic E-state index is 12.9. The Labute approximate surface area is 118 Å². The zero-order valence-electron chi connectivity index (χ0n) is 11.2. The molecule has 0 atom stereocenters. The van der Waals surface area contributed by atoms with Gasteiger partial charge in [-0.05, 0) is 0 Å². The summed E-state index contributed by atoms with van der Waals surface area (Å²) < 4.78 is 12.9. The summed E-state index contributed by atoms with van der Waals surface area (Å²) in [5, 5.41) is 0. The molecular formula is C16H15O3P. The predicted octanol–water partition coefficient (Wildman–Crippen LogP) is 4.05. The first-order valence-electron chi connectivity index (χ1n) is 6.38. The summed E-state index contributed by atoms with van der Waals surface area (Å²) in [7, 11) is -3.60. The van der Waals surface area contributed by atoms with Crippen molar-refractivity contribution < 1.29 is 14.2 Å². The lowest BCUT2D eigenvalue weighted by atomic mass is 10.2. The molecule has 0 saturated carbocycles. The van der Waals surface area contributed by atoms with Crippen molar-refractivity contribution in [3.63, 3.8) is 0 Å². The Balaban J connectivity index is 2.42. The van der Waals surface area contributed by atoms with Crippen LogP contribution in [0.25, 0.3) is 0 Å². The summed E-state index contributed by atoms with van der Waals surface area (Å²) >= 11 is 0. The van der Waals surface area contributed by atoms with E-state index in [2.05, 4.69) is 0 Å². The molecule has 0 saturated heterocycles. The van der Waals surface area contributed by atoms with Gasteiger partial charge in [0.05, 0.1) is 0 Å². The van der Waals surface area contributed by atoms with E-state index in [1.165, 1.54) is 0 Å². The third kappa shape index (κ3) is 2.63. The summed E-state index contributed by atoms with van der Waals surface area (Å²) in [5.41, 5.74) is -0.479. The van der Waals surface area contributed by atoms with Crippen LogP contribution < -0.4 is 0 Å². The number of hydrogen-bond acceptors (Lipinski definition) is 3. The summed E-state index contributed by atoms with van der Waals surface area (Å²) in [6, 6.07) is 16.7. The highest BCUT2D eigenvalue weighted by Gasteiger charge is 2.38. The lowest BCUT2D eigenvalue weighted by molar-refractivity contribution is 0.103. The van der Waals surface area contributed by atoms with Crippen molar-refractivity contribution in [3.05, 3.63) is 71.8 Å². The first-order valence-corrected chi connectivity index (χ1v) is 8.27. The topological polar surface area (TPSA) is 51.2 Å². The molecule has 0 amide bonds. The van der Waals surface area contributed by atoms with Gasteiger partial charge in [-0.25, -0.2) is 0 Å². The molecular weight excluding hydrogens is 271 g/mol. The second kappa shape index (κ2) is 5.98. The van der Waals surface area contributed by atoms with Crippen LogP contribution in [0.15, 0.2) is 60.7 Å². The largest absolute Gasteiger partial charge is 0.307 e. The number of rotatable bonds is 5. The molecule has 0 N–H and O–H groups in total. The van der Waals surface area contributed by atoms with Crippen LogP contribution in [0.2, 0.25) is 0 Å². The zero-order chi connectivity index (χ0) is 14.6. The summed E-state index contributed by atoms with van der Waals surface area (Å²) in [6.45, 7) is 1.61. The Bertz CT molecular complexity index is 607. The normalized spacial score (nSPS) is 11.1. The molecule has 0 aliphatic carbocycles. The smallest absolute Gasteiger partial charge is 0.228 e. The molecule has 0 spiro atoms. The highest BCUT2D eigenvalue weighted by molar-refractivity contribution is 7.95. The summed E-state index contributed by atoms with van der Waals surface area (Å²) in [5.74, 6) is 0. The van der Waals surface area contributed by atoms with Crippen molar-refractivity contribution in [2.45, 2.75) is 6.92 Å². The van der Waals surface area contributed by atoms with E-state index in [0.717, 1.165) is 0 Å². The van der Waals surface area contributed by atoms with Gasteiger partial charge < -0.3 is 4.57 Å². The molecule has 2 aromatic rings. The van der Waals surface area contributed by atoms with Gasteiger partial charge >= 0.3 is 0 Å². The maximum atomic E-state index is 12.9. The van der Waals surface area contributed by atoms with Crippen molar-refractivity contribution in [2.24, 2.45) is 0 Å². The van der Waals surface area contributed by atoms with Crippen molar-refractivity contribution in [1.29, 1.82) is 0 Å². The second-order valence-electron chi connectivity index (χ2n) is 4.40. The standard InChI is InChI=1S/C16H15O3P/c1-2-20(19,15(17)13-9-5-3-6-10-13)16(18)14-11-7-4-8-12-14/h3-12H,2H2,1H3. The third-order valence-electron chi connectivity index (χ3n) is 3.14. The van der Waals surface area contributed by atoms with E-state index in [1.807, 2.05) is 0 Å². The Morgan fingerprint density at radius 3 is 1.45 bits per heavy atom. The lowest BCUT2D eigenvalue weighted by Crippen LogP contribution is -2.12. The summed E-state index contributed by atoms with van der Waals surface area (Å²) in [6.07, 6.45) is 0.0362. The van der Waals surface area contributed by atoms with Gasteiger partial charge in [-0.1, -0.05) is 67.6 Å². The van der Waals surface area contributed by atoms with Gasteiger partial charge in [-0.2, -0.15) is 0 Å². The zero-order valence-corrected chi connectivity index (χ0v) is 12.0. The number of carbonyl (C=O) groups is 2. The minimum Gasteiger partial charge on any atom is -0.307 e. The van der Waals surface area contributed by atoms with Crippen LogP contribution in [-0.2, 0) is 4.57 Å². The fourth-order valence-electron chi connectivity index (χ4n) is 1.96. The highest BCUT2D eigenvalue weighted by Crippen LogP contribution is 2.51. The van der Waals surface area contributed by atoms with Crippen LogP contribution >= 0.6 is 7.14 Å². The second-order valence-corrected chi connectivity index (χ2v) is 7.32. The molecule has 4 heteroatoms. The molecule has 20 heavy (non-hydrogen) atoms. The molecule has 3 nitrogen and oxygen atoms in total. The quantitative estimate of drug-likeness (QED) is 0.779. The highest BCUT2D eigenvalue weighted by atomic mass is 31.2. The Kier molecular flexibility index (Phi) is 4.31. The number of hydrogen-bond donors (Lipinski definition) is 0. The molecule has 2 rings (SSSR count). The first-order chi connectivity index (χ1) is 9.59. The van der Waals surface area contributed by atoms with Gasteiger partial charge in [0.25, 0.3) is 0 Å². The van der Waals surface area contributed by atoms with E-state index < -0.39 is 18.2 Å². The molecule has 0 bridgehead atoms.